The Morgan fingerprint density at radius 3 is 2.95 bits per heavy atom. The molecule has 0 atom stereocenters. The molecule has 1 fully saturated rings. The van der Waals surface area contributed by atoms with E-state index in [4.69, 9.17) is 0 Å². The van der Waals surface area contributed by atoms with E-state index in [1.54, 1.807) is 11.3 Å². The number of carbonyl (C=O) groups excluding carboxylic acids is 1. The Morgan fingerprint density at radius 1 is 1.42 bits per heavy atom. The van der Waals surface area contributed by atoms with Gasteiger partial charge in [0.2, 0.25) is 5.91 Å². The fourth-order valence-corrected chi connectivity index (χ4v) is 2.74. The van der Waals surface area contributed by atoms with Crippen LogP contribution >= 0.6 is 23.7 Å². The summed E-state index contributed by atoms with van der Waals surface area (Å²) in [5.41, 5.74) is 3.01. The van der Waals surface area contributed by atoms with Gasteiger partial charge in [-0.15, -0.1) is 23.7 Å². The predicted molar refractivity (Wildman–Crippen MR) is 79.8 cm³/mol. The SMILES string of the molecule is CNCC(=O)N1CCCN(Cc2cscn2)CC1.Cl. The second-order valence-electron chi connectivity index (χ2n) is 4.52. The summed E-state index contributed by atoms with van der Waals surface area (Å²) in [4.78, 5) is 20.5. The first-order valence-corrected chi connectivity index (χ1v) is 7.25. The monoisotopic (exact) mass is 304 g/mol. The summed E-state index contributed by atoms with van der Waals surface area (Å²) < 4.78 is 0. The molecular weight excluding hydrogens is 284 g/mol. The predicted octanol–water partition coefficient (Wildman–Crippen LogP) is 0.819. The fraction of sp³-hybridized carbons (Fsp3) is 0.667. The smallest absolute Gasteiger partial charge is 0.236 e. The van der Waals surface area contributed by atoms with Crippen LogP contribution in [0.2, 0.25) is 0 Å². The van der Waals surface area contributed by atoms with E-state index in [2.05, 4.69) is 20.6 Å². The zero-order chi connectivity index (χ0) is 12.8. The number of likely N-dealkylation sites (N-methyl/N-ethyl adjacent to an activating group) is 1. The molecular formula is C12H21ClN4OS. The third-order valence-corrected chi connectivity index (χ3v) is 3.77. The first-order valence-electron chi connectivity index (χ1n) is 6.31. The maximum atomic E-state index is 11.8. The molecule has 1 aliphatic rings. The molecule has 1 aromatic heterocycles. The number of nitrogens with zero attached hydrogens (tertiary/aromatic N) is 3. The van der Waals surface area contributed by atoms with Crippen molar-refractivity contribution in [3.8, 4) is 0 Å². The molecule has 108 valence electrons. The van der Waals surface area contributed by atoms with Crippen LogP contribution < -0.4 is 5.32 Å². The van der Waals surface area contributed by atoms with Gasteiger partial charge in [0.05, 0.1) is 17.7 Å². The van der Waals surface area contributed by atoms with Crippen molar-refractivity contribution in [3.05, 3.63) is 16.6 Å². The van der Waals surface area contributed by atoms with E-state index in [-0.39, 0.29) is 18.3 Å². The van der Waals surface area contributed by atoms with Crippen LogP contribution in [0.15, 0.2) is 10.9 Å². The molecule has 1 amide bonds. The number of nitrogens with one attached hydrogen (secondary N) is 1. The van der Waals surface area contributed by atoms with E-state index in [0.29, 0.717) is 6.54 Å². The summed E-state index contributed by atoms with van der Waals surface area (Å²) in [6, 6.07) is 0. The third kappa shape index (κ3) is 5.06. The Morgan fingerprint density at radius 2 is 2.26 bits per heavy atom. The minimum absolute atomic E-state index is 0. The van der Waals surface area contributed by atoms with Crippen molar-refractivity contribution in [2.45, 2.75) is 13.0 Å². The highest BCUT2D eigenvalue weighted by atomic mass is 35.5. The Bertz CT molecular complexity index is 374. The lowest BCUT2D eigenvalue weighted by Crippen LogP contribution is -2.39. The van der Waals surface area contributed by atoms with Gasteiger partial charge in [-0.05, 0) is 13.5 Å². The number of thiazole rings is 1. The Labute approximate surface area is 124 Å². The van der Waals surface area contributed by atoms with Crippen LogP contribution in [0.5, 0.6) is 0 Å². The number of aromatic nitrogens is 1. The first-order chi connectivity index (χ1) is 8.79. The second kappa shape index (κ2) is 8.47. The van der Waals surface area contributed by atoms with Crippen molar-refractivity contribution < 1.29 is 4.79 Å². The summed E-state index contributed by atoms with van der Waals surface area (Å²) in [7, 11) is 1.81. The van der Waals surface area contributed by atoms with E-state index in [1.165, 1.54) is 0 Å². The molecule has 0 spiro atoms. The van der Waals surface area contributed by atoms with E-state index in [0.717, 1.165) is 44.8 Å². The van der Waals surface area contributed by atoms with Crippen LogP contribution in [0.3, 0.4) is 0 Å². The molecule has 2 rings (SSSR count). The van der Waals surface area contributed by atoms with Crippen molar-refractivity contribution in [2.75, 3.05) is 39.8 Å². The summed E-state index contributed by atoms with van der Waals surface area (Å²) in [6.45, 7) is 5.01. The molecule has 1 N–H and O–H groups in total. The lowest BCUT2D eigenvalue weighted by molar-refractivity contribution is -0.130. The molecule has 1 saturated heterocycles. The highest BCUT2D eigenvalue weighted by molar-refractivity contribution is 7.07. The Hall–Kier alpha value is -0.690. The van der Waals surface area contributed by atoms with Crippen LogP contribution in [-0.4, -0.2) is 60.5 Å². The zero-order valence-corrected chi connectivity index (χ0v) is 12.8. The topological polar surface area (TPSA) is 48.5 Å². The van der Waals surface area contributed by atoms with Gasteiger partial charge in [-0.1, -0.05) is 0 Å². The molecule has 19 heavy (non-hydrogen) atoms. The summed E-state index contributed by atoms with van der Waals surface area (Å²) in [6.07, 6.45) is 1.04. The lowest BCUT2D eigenvalue weighted by atomic mass is 10.3. The average molecular weight is 305 g/mol. The van der Waals surface area contributed by atoms with E-state index in [1.807, 2.05) is 17.5 Å². The van der Waals surface area contributed by atoms with Gasteiger partial charge in [0.1, 0.15) is 0 Å². The van der Waals surface area contributed by atoms with E-state index in [9.17, 15) is 4.79 Å². The summed E-state index contributed by atoms with van der Waals surface area (Å²) >= 11 is 1.63. The van der Waals surface area contributed by atoms with Gasteiger partial charge in [0.25, 0.3) is 0 Å². The molecule has 0 saturated carbocycles. The average Bonchev–Trinajstić information content (AvgIpc) is 2.74. The first kappa shape index (κ1) is 16.4. The van der Waals surface area contributed by atoms with Crippen molar-refractivity contribution in [2.24, 2.45) is 0 Å². The standard InChI is InChI=1S/C12H20N4OS.ClH/c1-13-7-12(17)16-4-2-3-15(5-6-16)8-11-9-18-10-14-11;/h9-10,13H,2-8H2,1H3;1H. The number of rotatable bonds is 4. The van der Waals surface area contributed by atoms with Gasteiger partial charge in [-0.3, -0.25) is 9.69 Å². The molecule has 1 aliphatic heterocycles. The molecule has 7 heteroatoms. The number of amides is 1. The van der Waals surface area contributed by atoms with Crippen LogP contribution in [0.1, 0.15) is 12.1 Å². The molecule has 2 heterocycles. The van der Waals surface area contributed by atoms with Crippen molar-refractivity contribution >= 4 is 29.7 Å². The molecule has 0 bridgehead atoms. The van der Waals surface area contributed by atoms with Crippen LogP contribution in [-0.2, 0) is 11.3 Å². The highest BCUT2D eigenvalue weighted by Crippen LogP contribution is 2.09. The minimum Gasteiger partial charge on any atom is -0.340 e. The maximum absolute atomic E-state index is 11.8. The van der Waals surface area contributed by atoms with Gasteiger partial charge < -0.3 is 10.2 Å². The Balaban J connectivity index is 0.00000180. The largest absolute Gasteiger partial charge is 0.340 e. The molecule has 0 unspecified atom stereocenters. The van der Waals surface area contributed by atoms with Gasteiger partial charge in [0.15, 0.2) is 0 Å². The lowest BCUT2D eigenvalue weighted by Gasteiger charge is -2.21. The number of hydrogen-bond donors (Lipinski definition) is 1. The zero-order valence-electron chi connectivity index (χ0n) is 11.2. The number of hydrogen-bond acceptors (Lipinski definition) is 5. The van der Waals surface area contributed by atoms with Crippen LogP contribution in [0.25, 0.3) is 0 Å². The molecule has 0 radical (unpaired) electrons. The van der Waals surface area contributed by atoms with E-state index >= 15 is 0 Å². The highest BCUT2D eigenvalue weighted by Gasteiger charge is 2.18. The summed E-state index contributed by atoms with van der Waals surface area (Å²) in [5.74, 6) is 0.202. The molecule has 0 aliphatic carbocycles. The van der Waals surface area contributed by atoms with Gasteiger partial charge in [-0.2, -0.15) is 0 Å². The van der Waals surface area contributed by atoms with Crippen molar-refractivity contribution in [1.29, 1.82) is 0 Å². The van der Waals surface area contributed by atoms with E-state index < -0.39 is 0 Å². The van der Waals surface area contributed by atoms with Crippen LogP contribution in [0, 0.1) is 0 Å². The minimum atomic E-state index is 0. The third-order valence-electron chi connectivity index (χ3n) is 3.14. The molecule has 1 aromatic rings. The summed E-state index contributed by atoms with van der Waals surface area (Å²) in [5, 5.41) is 5.01. The number of carbonyl (C=O) groups is 1. The molecule has 5 nitrogen and oxygen atoms in total. The maximum Gasteiger partial charge on any atom is 0.236 e. The molecule has 0 aromatic carbocycles. The van der Waals surface area contributed by atoms with Gasteiger partial charge in [-0.25, -0.2) is 4.98 Å². The second-order valence-corrected chi connectivity index (χ2v) is 5.24. The van der Waals surface area contributed by atoms with Gasteiger partial charge >= 0.3 is 0 Å². The Kier molecular flexibility index (Phi) is 7.30. The van der Waals surface area contributed by atoms with Crippen molar-refractivity contribution in [1.82, 2.24) is 20.1 Å². The van der Waals surface area contributed by atoms with Crippen molar-refractivity contribution in [3.63, 3.8) is 0 Å². The van der Waals surface area contributed by atoms with Crippen LogP contribution in [0.4, 0.5) is 0 Å². The quantitative estimate of drug-likeness (QED) is 0.895. The number of halogens is 1. The normalized spacial score (nSPS) is 16.8. The van der Waals surface area contributed by atoms with Gasteiger partial charge in [0, 0.05) is 38.1 Å². The fourth-order valence-electron chi connectivity index (χ4n) is 2.19.